The Kier molecular flexibility index (Phi) is 6.15. The number of hydrogen-bond acceptors (Lipinski definition) is 4. The zero-order valence-corrected chi connectivity index (χ0v) is 11.7. The number of ether oxygens (including phenoxy) is 1. The molecule has 0 bridgehead atoms. The monoisotopic (exact) mass is 266 g/mol. The van der Waals surface area contributed by atoms with E-state index in [1.165, 1.54) is 0 Å². The van der Waals surface area contributed by atoms with Gasteiger partial charge >= 0.3 is 0 Å². The first-order valence-electron chi connectivity index (χ1n) is 6.39. The molecule has 0 heterocycles. The van der Waals surface area contributed by atoms with Gasteiger partial charge in [0.1, 0.15) is 11.5 Å². The van der Waals surface area contributed by atoms with Crippen LogP contribution in [0.4, 0.5) is 0 Å². The van der Waals surface area contributed by atoms with E-state index in [9.17, 15) is 9.90 Å². The molecular formula is C14H22N2O3. The number of carbonyl (C=O) groups is 1. The van der Waals surface area contributed by atoms with Gasteiger partial charge in [-0.25, -0.2) is 0 Å². The molecule has 1 aromatic rings. The van der Waals surface area contributed by atoms with E-state index in [1.54, 1.807) is 19.2 Å². The largest absolute Gasteiger partial charge is 0.507 e. The van der Waals surface area contributed by atoms with Crippen molar-refractivity contribution in [2.24, 2.45) is 5.92 Å². The van der Waals surface area contributed by atoms with Gasteiger partial charge in [0.05, 0.1) is 7.11 Å². The van der Waals surface area contributed by atoms with E-state index in [2.05, 4.69) is 10.6 Å². The Morgan fingerprint density at radius 3 is 2.68 bits per heavy atom. The summed E-state index contributed by atoms with van der Waals surface area (Å²) in [6.45, 7) is 5.50. The fraction of sp³-hybridized carbons (Fsp3) is 0.500. The third-order valence-corrected chi connectivity index (χ3v) is 2.73. The van der Waals surface area contributed by atoms with Crippen LogP contribution in [0.15, 0.2) is 18.2 Å². The summed E-state index contributed by atoms with van der Waals surface area (Å²) in [5.41, 5.74) is 0.802. The Hall–Kier alpha value is -1.75. The molecule has 0 radical (unpaired) electrons. The Bertz CT molecular complexity index is 419. The molecular weight excluding hydrogens is 244 g/mol. The lowest BCUT2D eigenvalue weighted by Gasteiger charge is -2.10. The maximum absolute atomic E-state index is 11.3. The SMILES string of the molecule is COc1ccc(CNCCNC(=O)C(C)C)c(O)c1. The lowest BCUT2D eigenvalue weighted by atomic mass is 10.2. The van der Waals surface area contributed by atoms with Gasteiger partial charge in [-0.1, -0.05) is 19.9 Å². The van der Waals surface area contributed by atoms with Crippen LogP contribution in [0.3, 0.4) is 0 Å². The van der Waals surface area contributed by atoms with Crippen molar-refractivity contribution in [1.29, 1.82) is 0 Å². The molecule has 0 saturated carbocycles. The van der Waals surface area contributed by atoms with Gasteiger partial charge in [-0.05, 0) is 6.07 Å². The number of amides is 1. The lowest BCUT2D eigenvalue weighted by molar-refractivity contribution is -0.123. The van der Waals surface area contributed by atoms with Crippen molar-refractivity contribution in [3.8, 4) is 11.5 Å². The normalized spacial score (nSPS) is 10.5. The third-order valence-electron chi connectivity index (χ3n) is 2.73. The second kappa shape index (κ2) is 7.63. The first kappa shape index (κ1) is 15.3. The average Bonchev–Trinajstić information content (AvgIpc) is 2.39. The number of rotatable bonds is 7. The molecule has 1 amide bonds. The van der Waals surface area contributed by atoms with E-state index in [4.69, 9.17) is 4.74 Å². The first-order chi connectivity index (χ1) is 9.04. The van der Waals surface area contributed by atoms with E-state index in [1.807, 2.05) is 19.9 Å². The fourth-order valence-corrected chi connectivity index (χ4v) is 1.52. The summed E-state index contributed by atoms with van der Waals surface area (Å²) in [4.78, 5) is 11.3. The predicted molar refractivity (Wildman–Crippen MR) is 74.2 cm³/mol. The molecule has 1 rings (SSSR count). The number of hydrogen-bond donors (Lipinski definition) is 3. The molecule has 5 heteroatoms. The van der Waals surface area contributed by atoms with Crippen LogP contribution in [0, 0.1) is 5.92 Å². The maximum Gasteiger partial charge on any atom is 0.222 e. The number of phenolic OH excluding ortho intramolecular Hbond substituents is 1. The van der Waals surface area contributed by atoms with E-state index >= 15 is 0 Å². The Morgan fingerprint density at radius 1 is 1.37 bits per heavy atom. The van der Waals surface area contributed by atoms with Crippen LogP contribution in [-0.2, 0) is 11.3 Å². The summed E-state index contributed by atoms with van der Waals surface area (Å²) < 4.78 is 5.01. The highest BCUT2D eigenvalue weighted by molar-refractivity contribution is 5.77. The van der Waals surface area contributed by atoms with Crippen molar-refractivity contribution >= 4 is 5.91 Å². The smallest absolute Gasteiger partial charge is 0.222 e. The fourth-order valence-electron chi connectivity index (χ4n) is 1.52. The molecule has 0 saturated heterocycles. The number of aromatic hydroxyl groups is 1. The van der Waals surface area contributed by atoms with Crippen molar-refractivity contribution in [3.05, 3.63) is 23.8 Å². The number of carbonyl (C=O) groups excluding carboxylic acids is 1. The summed E-state index contributed by atoms with van der Waals surface area (Å²) >= 11 is 0. The van der Waals surface area contributed by atoms with Gasteiger partial charge in [0.15, 0.2) is 0 Å². The van der Waals surface area contributed by atoms with E-state index in [0.29, 0.717) is 25.4 Å². The van der Waals surface area contributed by atoms with Crippen LogP contribution < -0.4 is 15.4 Å². The predicted octanol–water partition coefficient (Wildman–Crippen LogP) is 1.26. The highest BCUT2D eigenvalue weighted by Gasteiger charge is 2.05. The van der Waals surface area contributed by atoms with Gasteiger partial charge < -0.3 is 20.5 Å². The summed E-state index contributed by atoms with van der Waals surface area (Å²) in [6.07, 6.45) is 0. The molecule has 0 aliphatic carbocycles. The van der Waals surface area contributed by atoms with Crippen molar-refractivity contribution in [1.82, 2.24) is 10.6 Å². The van der Waals surface area contributed by atoms with Crippen LogP contribution in [0.5, 0.6) is 11.5 Å². The van der Waals surface area contributed by atoms with E-state index in [-0.39, 0.29) is 17.6 Å². The van der Waals surface area contributed by atoms with Gasteiger partial charge in [-0.15, -0.1) is 0 Å². The zero-order chi connectivity index (χ0) is 14.3. The number of benzene rings is 1. The van der Waals surface area contributed by atoms with Gasteiger partial charge in [0.25, 0.3) is 0 Å². The Balaban J connectivity index is 2.28. The van der Waals surface area contributed by atoms with Crippen LogP contribution >= 0.6 is 0 Å². The number of phenols is 1. The molecule has 3 N–H and O–H groups in total. The minimum Gasteiger partial charge on any atom is -0.507 e. The van der Waals surface area contributed by atoms with Crippen molar-refractivity contribution in [3.63, 3.8) is 0 Å². The van der Waals surface area contributed by atoms with Crippen LogP contribution in [0.25, 0.3) is 0 Å². The van der Waals surface area contributed by atoms with Crippen LogP contribution in [-0.4, -0.2) is 31.2 Å². The van der Waals surface area contributed by atoms with Crippen molar-refractivity contribution < 1.29 is 14.6 Å². The Labute approximate surface area is 114 Å². The average molecular weight is 266 g/mol. The van der Waals surface area contributed by atoms with E-state index < -0.39 is 0 Å². The van der Waals surface area contributed by atoms with Crippen LogP contribution in [0.2, 0.25) is 0 Å². The summed E-state index contributed by atoms with van der Waals surface area (Å²) in [7, 11) is 1.56. The second-order valence-corrected chi connectivity index (χ2v) is 4.62. The molecule has 0 fully saturated rings. The molecule has 19 heavy (non-hydrogen) atoms. The quantitative estimate of drug-likeness (QED) is 0.650. The summed E-state index contributed by atoms with van der Waals surface area (Å²) in [6, 6.07) is 5.20. The van der Waals surface area contributed by atoms with Crippen LogP contribution in [0.1, 0.15) is 19.4 Å². The highest BCUT2D eigenvalue weighted by atomic mass is 16.5. The minimum atomic E-state index is 0.00522. The van der Waals surface area contributed by atoms with Gasteiger partial charge in [-0.2, -0.15) is 0 Å². The molecule has 0 aromatic heterocycles. The molecule has 0 unspecified atom stereocenters. The number of methoxy groups -OCH3 is 1. The van der Waals surface area contributed by atoms with Gasteiger partial charge in [0, 0.05) is 37.2 Å². The second-order valence-electron chi connectivity index (χ2n) is 4.62. The minimum absolute atomic E-state index is 0.00522. The molecule has 0 spiro atoms. The zero-order valence-electron chi connectivity index (χ0n) is 11.7. The first-order valence-corrected chi connectivity index (χ1v) is 6.39. The molecule has 0 aliphatic heterocycles. The van der Waals surface area contributed by atoms with Crippen molar-refractivity contribution in [2.75, 3.05) is 20.2 Å². The highest BCUT2D eigenvalue weighted by Crippen LogP contribution is 2.22. The summed E-state index contributed by atoms with van der Waals surface area (Å²) in [5, 5.41) is 15.7. The molecule has 1 aromatic carbocycles. The standard InChI is InChI=1S/C14H22N2O3/c1-10(2)14(18)16-7-6-15-9-11-4-5-12(19-3)8-13(11)17/h4-5,8,10,15,17H,6-7,9H2,1-3H3,(H,16,18). The molecule has 0 atom stereocenters. The maximum atomic E-state index is 11.3. The van der Waals surface area contributed by atoms with E-state index in [0.717, 1.165) is 5.56 Å². The topological polar surface area (TPSA) is 70.6 Å². The van der Waals surface area contributed by atoms with Gasteiger partial charge in [0.2, 0.25) is 5.91 Å². The molecule has 0 aliphatic rings. The Morgan fingerprint density at radius 2 is 2.11 bits per heavy atom. The van der Waals surface area contributed by atoms with Crippen molar-refractivity contribution in [2.45, 2.75) is 20.4 Å². The molecule has 5 nitrogen and oxygen atoms in total. The lowest BCUT2D eigenvalue weighted by Crippen LogP contribution is -2.34. The third kappa shape index (κ3) is 5.18. The van der Waals surface area contributed by atoms with Gasteiger partial charge in [-0.3, -0.25) is 4.79 Å². The number of nitrogens with one attached hydrogen (secondary N) is 2. The summed E-state index contributed by atoms with van der Waals surface area (Å²) in [5.74, 6) is 0.892. The molecule has 106 valence electrons.